The minimum absolute atomic E-state index is 0.000515. The van der Waals surface area contributed by atoms with Crippen LogP contribution in [0.5, 0.6) is 0 Å². The lowest BCUT2D eigenvalue weighted by molar-refractivity contribution is -0.136. The molecule has 4 atom stereocenters. The van der Waals surface area contributed by atoms with E-state index >= 15 is 0 Å². The van der Waals surface area contributed by atoms with Crippen molar-refractivity contribution in [2.24, 2.45) is 11.3 Å². The van der Waals surface area contributed by atoms with Gasteiger partial charge < -0.3 is 15.5 Å². The molecule has 0 fully saturated rings. The van der Waals surface area contributed by atoms with Crippen molar-refractivity contribution >= 4 is 34.9 Å². The number of amides is 1. The van der Waals surface area contributed by atoms with Crippen LogP contribution in [0, 0.1) is 11.3 Å². The molecule has 180 valence electrons. The maximum Gasteiger partial charge on any atom is 0.226 e. The largest absolute Gasteiger partial charge is 0.394 e. The fourth-order valence-electron chi connectivity index (χ4n) is 4.09. The lowest BCUT2D eigenvalue weighted by atomic mass is 9.72. The second-order valence-electron chi connectivity index (χ2n) is 9.31. The van der Waals surface area contributed by atoms with Crippen molar-refractivity contribution in [3.63, 3.8) is 0 Å². The van der Waals surface area contributed by atoms with E-state index in [0.717, 1.165) is 5.56 Å². The molecule has 0 unspecified atom stereocenters. The summed E-state index contributed by atoms with van der Waals surface area (Å²) >= 11 is 12.3. The van der Waals surface area contributed by atoms with Crippen molar-refractivity contribution in [1.29, 1.82) is 0 Å². The van der Waals surface area contributed by atoms with Gasteiger partial charge in [0.15, 0.2) is 0 Å². The molecule has 33 heavy (non-hydrogen) atoms. The van der Waals surface area contributed by atoms with Crippen LogP contribution in [0.3, 0.4) is 0 Å². The Hall–Kier alpha value is -1.92. The lowest BCUT2D eigenvalue weighted by Crippen LogP contribution is -2.49. The first-order chi connectivity index (χ1) is 15.5. The van der Waals surface area contributed by atoms with Gasteiger partial charge in [0.2, 0.25) is 5.91 Å². The number of rotatable bonds is 11. The lowest BCUT2D eigenvalue weighted by Gasteiger charge is -2.35. The standard InChI is InChI=1S/C26H33Cl2NO4/c1-16(2)23(15-30)29-25(33)26(4,13-17(3)31)14-22(19-6-5-7-21(28)12-19)24(32)18-8-10-20(27)11-9-18/h5-12,16,22-24,30,32H,13-15H2,1-4H3,(H,29,33)/t22-,23-,24+,26+/m1/s1. The summed E-state index contributed by atoms with van der Waals surface area (Å²) < 4.78 is 0. The van der Waals surface area contributed by atoms with Crippen LogP contribution in [0.2, 0.25) is 10.0 Å². The van der Waals surface area contributed by atoms with E-state index in [4.69, 9.17) is 23.2 Å². The Balaban J connectivity index is 2.48. The molecule has 0 heterocycles. The van der Waals surface area contributed by atoms with Gasteiger partial charge in [0.1, 0.15) is 5.78 Å². The van der Waals surface area contributed by atoms with Crippen LogP contribution < -0.4 is 5.32 Å². The molecule has 0 saturated carbocycles. The fourth-order valence-corrected chi connectivity index (χ4v) is 4.41. The number of carbonyl (C=O) groups excluding carboxylic acids is 2. The molecule has 0 aliphatic heterocycles. The first-order valence-corrected chi connectivity index (χ1v) is 11.8. The number of carbonyl (C=O) groups is 2. The third kappa shape index (κ3) is 7.54. The summed E-state index contributed by atoms with van der Waals surface area (Å²) in [6, 6.07) is 13.6. The molecule has 0 aliphatic rings. The van der Waals surface area contributed by atoms with Gasteiger partial charge in [-0.2, -0.15) is 0 Å². The van der Waals surface area contributed by atoms with Gasteiger partial charge in [-0.1, -0.05) is 68.2 Å². The molecular formula is C26H33Cl2NO4. The molecule has 0 aliphatic carbocycles. The van der Waals surface area contributed by atoms with E-state index in [9.17, 15) is 19.8 Å². The van der Waals surface area contributed by atoms with Crippen molar-refractivity contribution in [3.8, 4) is 0 Å². The molecule has 5 nitrogen and oxygen atoms in total. The third-order valence-corrected chi connectivity index (χ3v) is 6.53. The smallest absolute Gasteiger partial charge is 0.226 e. The average Bonchev–Trinajstić information content (AvgIpc) is 2.75. The highest BCUT2D eigenvalue weighted by atomic mass is 35.5. The number of Topliss-reactive ketones (excluding diaryl/α,β-unsaturated/α-hetero) is 1. The maximum atomic E-state index is 13.4. The van der Waals surface area contributed by atoms with Gasteiger partial charge in [0, 0.05) is 22.4 Å². The second kappa shape index (κ2) is 12.0. The fraction of sp³-hybridized carbons (Fsp3) is 0.462. The number of ketones is 1. The molecule has 2 rings (SSSR count). The Morgan fingerprint density at radius 3 is 2.18 bits per heavy atom. The summed E-state index contributed by atoms with van der Waals surface area (Å²) in [4.78, 5) is 25.6. The maximum absolute atomic E-state index is 13.4. The highest BCUT2D eigenvalue weighted by Crippen LogP contribution is 2.43. The summed E-state index contributed by atoms with van der Waals surface area (Å²) in [6.07, 6.45) is -0.767. The number of aliphatic hydroxyl groups excluding tert-OH is 2. The van der Waals surface area contributed by atoms with Gasteiger partial charge in [0.05, 0.1) is 24.2 Å². The molecule has 0 saturated heterocycles. The van der Waals surface area contributed by atoms with Gasteiger partial charge in [-0.05, 0) is 54.7 Å². The minimum atomic E-state index is -1.12. The second-order valence-corrected chi connectivity index (χ2v) is 10.2. The molecule has 0 spiro atoms. The highest BCUT2D eigenvalue weighted by Gasteiger charge is 2.40. The molecular weight excluding hydrogens is 461 g/mol. The molecule has 3 N–H and O–H groups in total. The molecule has 2 aromatic carbocycles. The van der Waals surface area contributed by atoms with Crippen molar-refractivity contribution < 1.29 is 19.8 Å². The predicted molar refractivity (Wildman–Crippen MR) is 132 cm³/mol. The van der Waals surface area contributed by atoms with Crippen molar-refractivity contribution in [1.82, 2.24) is 5.32 Å². The number of hydrogen-bond acceptors (Lipinski definition) is 4. The Labute approximate surface area is 206 Å². The van der Waals surface area contributed by atoms with E-state index in [1.165, 1.54) is 6.92 Å². The SMILES string of the molecule is CC(=O)C[C@@](C)(C[C@H](c1cccc(Cl)c1)[C@@H](O)c1ccc(Cl)cc1)C(=O)N[C@H](CO)C(C)C. The first-order valence-electron chi connectivity index (χ1n) is 11.1. The zero-order valence-corrected chi connectivity index (χ0v) is 21.0. The van der Waals surface area contributed by atoms with Crippen molar-refractivity contribution in [3.05, 3.63) is 69.7 Å². The number of hydrogen-bond donors (Lipinski definition) is 3. The number of halogens is 2. The van der Waals surface area contributed by atoms with E-state index in [2.05, 4.69) is 5.32 Å². The topological polar surface area (TPSA) is 86.6 Å². The van der Waals surface area contributed by atoms with Crippen molar-refractivity contribution in [2.45, 2.75) is 58.6 Å². The van der Waals surface area contributed by atoms with Crippen LogP contribution in [-0.4, -0.2) is 34.6 Å². The van der Waals surface area contributed by atoms with E-state index in [1.54, 1.807) is 49.4 Å². The van der Waals surface area contributed by atoms with E-state index in [0.29, 0.717) is 15.6 Å². The van der Waals surface area contributed by atoms with Crippen LogP contribution in [0.25, 0.3) is 0 Å². The van der Waals surface area contributed by atoms with Gasteiger partial charge in [-0.3, -0.25) is 9.59 Å². The molecule has 0 bridgehead atoms. The van der Waals surface area contributed by atoms with E-state index in [1.807, 2.05) is 19.9 Å². The van der Waals surface area contributed by atoms with E-state index in [-0.39, 0.29) is 37.1 Å². The number of benzene rings is 2. The third-order valence-electron chi connectivity index (χ3n) is 6.05. The first kappa shape index (κ1) is 27.3. The van der Waals surface area contributed by atoms with Crippen LogP contribution in [-0.2, 0) is 9.59 Å². The van der Waals surface area contributed by atoms with Crippen molar-refractivity contribution in [2.75, 3.05) is 6.61 Å². The highest BCUT2D eigenvalue weighted by molar-refractivity contribution is 6.30. The Bertz CT molecular complexity index is 948. The van der Waals surface area contributed by atoms with Gasteiger partial charge in [-0.25, -0.2) is 0 Å². The van der Waals surface area contributed by atoms with Gasteiger partial charge >= 0.3 is 0 Å². The summed E-state index contributed by atoms with van der Waals surface area (Å²) in [5.74, 6) is -0.972. The zero-order valence-electron chi connectivity index (χ0n) is 19.5. The summed E-state index contributed by atoms with van der Waals surface area (Å²) in [5.41, 5.74) is 0.287. The van der Waals surface area contributed by atoms with Gasteiger partial charge in [0.25, 0.3) is 0 Å². The average molecular weight is 494 g/mol. The molecule has 0 radical (unpaired) electrons. The zero-order chi connectivity index (χ0) is 24.8. The Morgan fingerprint density at radius 2 is 1.67 bits per heavy atom. The van der Waals surface area contributed by atoms with E-state index < -0.39 is 23.5 Å². The Morgan fingerprint density at radius 1 is 1.03 bits per heavy atom. The minimum Gasteiger partial charge on any atom is -0.394 e. The van der Waals surface area contributed by atoms with Crippen LogP contribution in [0.4, 0.5) is 0 Å². The molecule has 7 heteroatoms. The predicted octanol–water partition coefficient (Wildman–Crippen LogP) is 5.32. The Kier molecular flexibility index (Phi) is 9.92. The number of aliphatic hydroxyl groups is 2. The van der Waals surface area contributed by atoms with Crippen LogP contribution in [0.15, 0.2) is 48.5 Å². The van der Waals surface area contributed by atoms with Crippen LogP contribution >= 0.6 is 23.2 Å². The normalized spacial score (nSPS) is 16.0. The molecule has 0 aromatic heterocycles. The molecule has 2 aromatic rings. The van der Waals surface area contributed by atoms with Gasteiger partial charge in [-0.15, -0.1) is 0 Å². The summed E-state index contributed by atoms with van der Waals surface area (Å²) in [5, 5.41) is 25.0. The quantitative estimate of drug-likeness (QED) is 0.395. The monoisotopic (exact) mass is 493 g/mol. The summed E-state index contributed by atoms with van der Waals surface area (Å²) in [6.45, 7) is 6.78. The van der Waals surface area contributed by atoms with Crippen LogP contribution in [0.1, 0.15) is 63.7 Å². The molecule has 1 amide bonds. The number of nitrogens with one attached hydrogen (secondary N) is 1. The summed E-state index contributed by atoms with van der Waals surface area (Å²) in [7, 11) is 0.